The minimum absolute atomic E-state index is 0.0605. The van der Waals surface area contributed by atoms with Crippen molar-refractivity contribution in [2.75, 3.05) is 20.3 Å². The van der Waals surface area contributed by atoms with Crippen molar-refractivity contribution >= 4 is 16.0 Å². The van der Waals surface area contributed by atoms with Crippen LogP contribution in [0.2, 0.25) is 0 Å². The van der Waals surface area contributed by atoms with Gasteiger partial charge in [-0.25, -0.2) is 13.2 Å². The smallest absolute Gasteiger partial charge is 0.352 e. The van der Waals surface area contributed by atoms with Gasteiger partial charge in [0.1, 0.15) is 10.6 Å². The summed E-state index contributed by atoms with van der Waals surface area (Å²) in [4.78, 5) is 13.1. The molecule has 0 aliphatic rings. The van der Waals surface area contributed by atoms with E-state index >= 15 is 0 Å². The predicted molar refractivity (Wildman–Crippen MR) is 68.7 cm³/mol. The Labute approximate surface area is 112 Å². The van der Waals surface area contributed by atoms with Gasteiger partial charge in [0, 0.05) is 25.9 Å². The average Bonchev–Trinajstić information content (AvgIpc) is 2.78. The highest BCUT2D eigenvalue weighted by molar-refractivity contribution is 7.89. The Hall–Kier alpha value is -1.38. The molecule has 7 nitrogen and oxygen atoms in total. The Morgan fingerprint density at radius 3 is 2.58 bits per heavy atom. The van der Waals surface area contributed by atoms with E-state index in [4.69, 9.17) is 9.84 Å². The second-order valence-electron chi connectivity index (χ2n) is 4.26. The van der Waals surface area contributed by atoms with Crippen molar-refractivity contribution in [2.24, 2.45) is 0 Å². The number of carboxylic acid groups (broad SMARTS) is 1. The first-order valence-corrected chi connectivity index (χ1v) is 7.17. The van der Waals surface area contributed by atoms with Crippen LogP contribution in [0.3, 0.4) is 0 Å². The summed E-state index contributed by atoms with van der Waals surface area (Å²) < 4.78 is 30.9. The number of sulfonamides is 1. The first kappa shape index (κ1) is 15.7. The highest BCUT2D eigenvalue weighted by Gasteiger charge is 2.28. The molecule has 1 rings (SSSR count). The van der Waals surface area contributed by atoms with Gasteiger partial charge in [0.15, 0.2) is 0 Å². The lowest BCUT2D eigenvalue weighted by molar-refractivity contribution is 0.0691. The Bertz CT molecular complexity index is 535. The molecule has 0 radical (unpaired) electrons. The van der Waals surface area contributed by atoms with Gasteiger partial charge in [-0.2, -0.15) is 4.31 Å². The number of methoxy groups -OCH3 is 1. The molecule has 19 heavy (non-hydrogen) atoms. The third-order valence-corrected chi connectivity index (χ3v) is 4.64. The van der Waals surface area contributed by atoms with Crippen LogP contribution in [-0.4, -0.2) is 55.1 Å². The number of hydrogen-bond acceptors (Lipinski definition) is 4. The third-order valence-electron chi connectivity index (χ3n) is 2.59. The highest BCUT2D eigenvalue weighted by Crippen LogP contribution is 2.19. The molecule has 0 amide bonds. The highest BCUT2D eigenvalue weighted by atomic mass is 32.2. The standard InChI is InChI=1S/C11H18N2O5S/c1-8(2)13(4-5-18-3)19(16,17)9-6-10(11(14)15)12-7-9/h6-8,12H,4-5H2,1-3H3,(H,14,15). The predicted octanol–water partition coefficient (Wildman–Crippen LogP) is 0.758. The number of ether oxygens (including phenoxy) is 1. The summed E-state index contributed by atoms with van der Waals surface area (Å²) in [5.41, 5.74) is -0.158. The van der Waals surface area contributed by atoms with Crippen LogP contribution in [0, 0.1) is 0 Å². The van der Waals surface area contributed by atoms with E-state index in [0.29, 0.717) is 0 Å². The molecule has 0 atom stereocenters. The van der Waals surface area contributed by atoms with E-state index in [-0.39, 0.29) is 29.8 Å². The quantitative estimate of drug-likeness (QED) is 0.772. The molecule has 0 aliphatic carbocycles. The van der Waals surface area contributed by atoms with Crippen molar-refractivity contribution in [3.63, 3.8) is 0 Å². The number of carbonyl (C=O) groups is 1. The van der Waals surface area contributed by atoms with Crippen LogP contribution in [0.15, 0.2) is 17.2 Å². The molecule has 0 fully saturated rings. The number of rotatable bonds is 7. The van der Waals surface area contributed by atoms with E-state index < -0.39 is 16.0 Å². The van der Waals surface area contributed by atoms with Gasteiger partial charge < -0.3 is 14.8 Å². The van der Waals surface area contributed by atoms with Crippen molar-refractivity contribution in [2.45, 2.75) is 24.8 Å². The molecule has 0 aliphatic heterocycles. The minimum Gasteiger partial charge on any atom is -0.477 e. The number of aromatic amines is 1. The van der Waals surface area contributed by atoms with E-state index in [0.717, 1.165) is 6.07 Å². The number of carboxylic acids is 1. The number of nitrogens with zero attached hydrogens (tertiary/aromatic N) is 1. The van der Waals surface area contributed by atoms with Crippen molar-refractivity contribution in [3.05, 3.63) is 18.0 Å². The van der Waals surface area contributed by atoms with Crippen LogP contribution in [-0.2, 0) is 14.8 Å². The van der Waals surface area contributed by atoms with Gasteiger partial charge in [0.25, 0.3) is 0 Å². The largest absolute Gasteiger partial charge is 0.477 e. The van der Waals surface area contributed by atoms with Crippen LogP contribution in [0.1, 0.15) is 24.3 Å². The second kappa shape index (κ2) is 6.18. The zero-order valence-electron chi connectivity index (χ0n) is 11.1. The second-order valence-corrected chi connectivity index (χ2v) is 6.15. The summed E-state index contributed by atoms with van der Waals surface area (Å²) in [6, 6.07) is 0.864. The molecule has 8 heteroatoms. The van der Waals surface area contributed by atoms with Crippen molar-refractivity contribution in [1.82, 2.24) is 9.29 Å². The summed E-state index contributed by atoms with van der Waals surface area (Å²) in [5.74, 6) is -1.20. The van der Waals surface area contributed by atoms with Crippen LogP contribution >= 0.6 is 0 Å². The fourth-order valence-corrected chi connectivity index (χ4v) is 3.23. The molecule has 1 aromatic heterocycles. The monoisotopic (exact) mass is 290 g/mol. The molecule has 0 aromatic carbocycles. The maximum absolute atomic E-state index is 12.4. The first-order chi connectivity index (χ1) is 8.80. The van der Waals surface area contributed by atoms with Gasteiger partial charge >= 0.3 is 5.97 Å². The van der Waals surface area contributed by atoms with E-state index in [1.54, 1.807) is 13.8 Å². The maximum Gasteiger partial charge on any atom is 0.352 e. The van der Waals surface area contributed by atoms with Crippen molar-refractivity contribution in [3.8, 4) is 0 Å². The number of nitrogens with one attached hydrogen (secondary N) is 1. The first-order valence-electron chi connectivity index (χ1n) is 5.73. The number of aromatic carboxylic acids is 1. The van der Waals surface area contributed by atoms with Crippen LogP contribution in [0.4, 0.5) is 0 Å². The average molecular weight is 290 g/mol. The fourth-order valence-electron chi connectivity index (χ4n) is 1.62. The Balaban J connectivity index is 3.07. The molecule has 1 aromatic rings. The van der Waals surface area contributed by atoms with Gasteiger partial charge in [0.05, 0.1) is 6.61 Å². The van der Waals surface area contributed by atoms with Gasteiger partial charge in [-0.05, 0) is 19.9 Å². The Kier molecular flexibility index (Phi) is 5.10. The lowest BCUT2D eigenvalue weighted by atomic mass is 10.4. The summed E-state index contributed by atoms with van der Waals surface area (Å²) in [6.45, 7) is 3.98. The molecule has 108 valence electrons. The van der Waals surface area contributed by atoms with Gasteiger partial charge in [-0.15, -0.1) is 0 Å². The zero-order valence-corrected chi connectivity index (χ0v) is 11.9. The van der Waals surface area contributed by atoms with E-state index in [9.17, 15) is 13.2 Å². The van der Waals surface area contributed by atoms with Crippen molar-refractivity contribution < 1.29 is 23.1 Å². The Morgan fingerprint density at radius 1 is 1.53 bits per heavy atom. The van der Waals surface area contributed by atoms with Crippen molar-refractivity contribution in [1.29, 1.82) is 0 Å². The van der Waals surface area contributed by atoms with Gasteiger partial charge in [-0.3, -0.25) is 0 Å². The topological polar surface area (TPSA) is 99.7 Å². The summed E-state index contributed by atoms with van der Waals surface area (Å²) >= 11 is 0. The lowest BCUT2D eigenvalue weighted by Gasteiger charge is -2.24. The minimum atomic E-state index is -3.73. The van der Waals surface area contributed by atoms with Crippen LogP contribution < -0.4 is 0 Å². The molecular formula is C11H18N2O5S. The fraction of sp³-hybridized carbons (Fsp3) is 0.545. The van der Waals surface area contributed by atoms with Gasteiger partial charge in [0.2, 0.25) is 10.0 Å². The molecule has 0 saturated heterocycles. The summed E-state index contributed by atoms with van der Waals surface area (Å²) in [7, 11) is -2.24. The maximum atomic E-state index is 12.4. The lowest BCUT2D eigenvalue weighted by Crippen LogP contribution is -2.39. The summed E-state index contributed by atoms with van der Waals surface area (Å²) in [5, 5.41) is 8.79. The number of H-pyrrole nitrogens is 1. The SMILES string of the molecule is COCCN(C(C)C)S(=O)(=O)c1c[nH]c(C(=O)O)c1. The third kappa shape index (κ3) is 3.55. The molecule has 0 unspecified atom stereocenters. The van der Waals surface area contributed by atoms with Gasteiger partial charge in [-0.1, -0.05) is 0 Å². The zero-order chi connectivity index (χ0) is 14.6. The molecule has 1 heterocycles. The van der Waals surface area contributed by atoms with Crippen LogP contribution in [0.25, 0.3) is 0 Å². The normalized spacial score (nSPS) is 12.3. The molecule has 0 bridgehead atoms. The molecular weight excluding hydrogens is 272 g/mol. The van der Waals surface area contributed by atoms with E-state index in [1.807, 2.05) is 0 Å². The number of hydrogen-bond donors (Lipinski definition) is 2. The Morgan fingerprint density at radius 2 is 2.16 bits per heavy atom. The van der Waals surface area contributed by atoms with E-state index in [1.165, 1.54) is 17.6 Å². The molecule has 0 saturated carbocycles. The van der Waals surface area contributed by atoms with E-state index in [2.05, 4.69) is 4.98 Å². The van der Waals surface area contributed by atoms with Crippen LogP contribution in [0.5, 0.6) is 0 Å². The molecule has 0 spiro atoms. The summed E-state index contributed by atoms with van der Waals surface area (Å²) in [6.07, 6.45) is 1.18. The molecule has 2 N–H and O–H groups in total. The number of aromatic nitrogens is 1.